The zero-order valence-electron chi connectivity index (χ0n) is 19.1. The summed E-state index contributed by atoms with van der Waals surface area (Å²) in [7, 11) is 2.80. The van der Waals surface area contributed by atoms with Gasteiger partial charge in [0.25, 0.3) is 11.7 Å². The summed E-state index contributed by atoms with van der Waals surface area (Å²) in [6, 6.07) is 11.8. The number of aryl methyl sites for hydroxylation is 2. The first kappa shape index (κ1) is 22.8. The number of benzene rings is 2. The van der Waals surface area contributed by atoms with Gasteiger partial charge in [0.2, 0.25) is 0 Å². The number of furan rings is 1. The van der Waals surface area contributed by atoms with Crippen molar-refractivity contribution in [3.05, 3.63) is 88.4 Å². The number of amides is 1. The fourth-order valence-electron chi connectivity index (χ4n) is 4.13. The summed E-state index contributed by atoms with van der Waals surface area (Å²) in [5.41, 5.74) is 2.20. The van der Waals surface area contributed by atoms with E-state index in [4.69, 9.17) is 13.9 Å². The van der Waals surface area contributed by atoms with Gasteiger partial charge in [-0.2, -0.15) is 0 Å². The second-order valence-electron chi connectivity index (χ2n) is 7.86. The van der Waals surface area contributed by atoms with Crippen LogP contribution in [0.5, 0.6) is 5.75 Å². The molecule has 0 spiro atoms. The number of carbonyl (C=O) groups excluding carboxylic acids is 3. The standard InChI is InChI=1S/C26H23NO7/c1-14-12-20(32-3)15(2)11-18(14)23(28)21-22(19-9-6-10-34-19)27(25(30)24(21)29)17-8-5-7-16(13-17)26(31)33-4/h5-13,22,28H,1-4H3/b23-21-. The van der Waals surface area contributed by atoms with Crippen molar-refractivity contribution in [1.29, 1.82) is 0 Å². The van der Waals surface area contributed by atoms with E-state index in [2.05, 4.69) is 0 Å². The molecule has 0 aliphatic carbocycles. The summed E-state index contributed by atoms with van der Waals surface area (Å²) in [6.45, 7) is 3.59. The minimum absolute atomic E-state index is 0.115. The van der Waals surface area contributed by atoms with Gasteiger partial charge in [-0.25, -0.2) is 4.79 Å². The summed E-state index contributed by atoms with van der Waals surface area (Å²) >= 11 is 0. The maximum atomic E-state index is 13.2. The van der Waals surface area contributed by atoms with Crippen LogP contribution in [0, 0.1) is 13.8 Å². The summed E-state index contributed by atoms with van der Waals surface area (Å²) < 4.78 is 15.7. The van der Waals surface area contributed by atoms with Gasteiger partial charge < -0.3 is 19.0 Å². The van der Waals surface area contributed by atoms with Crippen LogP contribution < -0.4 is 9.64 Å². The minimum Gasteiger partial charge on any atom is -0.507 e. The van der Waals surface area contributed by atoms with Crippen molar-refractivity contribution in [2.24, 2.45) is 0 Å². The largest absolute Gasteiger partial charge is 0.507 e. The van der Waals surface area contributed by atoms with Crippen molar-refractivity contribution < 1.29 is 33.4 Å². The van der Waals surface area contributed by atoms with E-state index in [0.29, 0.717) is 16.9 Å². The second kappa shape index (κ2) is 8.90. The van der Waals surface area contributed by atoms with Gasteiger partial charge >= 0.3 is 5.97 Å². The Morgan fingerprint density at radius 1 is 1.03 bits per heavy atom. The Morgan fingerprint density at radius 3 is 2.44 bits per heavy atom. The van der Waals surface area contributed by atoms with E-state index in [1.54, 1.807) is 50.4 Å². The highest BCUT2D eigenvalue weighted by molar-refractivity contribution is 6.51. The van der Waals surface area contributed by atoms with Gasteiger partial charge in [-0.05, 0) is 67.4 Å². The predicted molar refractivity (Wildman–Crippen MR) is 124 cm³/mol. The number of methoxy groups -OCH3 is 2. The smallest absolute Gasteiger partial charge is 0.337 e. The molecule has 1 aliphatic rings. The van der Waals surface area contributed by atoms with Crippen LogP contribution in [0.3, 0.4) is 0 Å². The van der Waals surface area contributed by atoms with Gasteiger partial charge in [0.15, 0.2) is 0 Å². The second-order valence-corrected chi connectivity index (χ2v) is 7.86. The zero-order chi connectivity index (χ0) is 24.6. The average molecular weight is 461 g/mol. The summed E-state index contributed by atoms with van der Waals surface area (Å²) in [6.07, 6.45) is 1.42. The van der Waals surface area contributed by atoms with Gasteiger partial charge in [0, 0.05) is 11.3 Å². The molecule has 34 heavy (non-hydrogen) atoms. The van der Waals surface area contributed by atoms with Crippen LogP contribution >= 0.6 is 0 Å². The minimum atomic E-state index is -1.04. The molecule has 0 saturated carbocycles. The molecule has 4 rings (SSSR count). The molecule has 1 aliphatic heterocycles. The van der Waals surface area contributed by atoms with E-state index in [0.717, 1.165) is 5.56 Å². The molecule has 1 unspecified atom stereocenters. The van der Waals surface area contributed by atoms with E-state index in [1.807, 2.05) is 6.92 Å². The number of aliphatic hydroxyl groups is 1. The van der Waals surface area contributed by atoms with E-state index in [9.17, 15) is 19.5 Å². The molecule has 2 aromatic carbocycles. The third-order valence-corrected chi connectivity index (χ3v) is 5.80. The molecule has 3 aromatic rings. The number of anilines is 1. The topological polar surface area (TPSA) is 106 Å². The number of nitrogens with zero attached hydrogens (tertiary/aromatic N) is 1. The number of hydrogen-bond donors (Lipinski definition) is 1. The molecule has 1 aromatic heterocycles. The first-order valence-electron chi connectivity index (χ1n) is 10.5. The van der Waals surface area contributed by atoms with Crippen LogP contribution in [-0.2, 0) is 14.3 Å². The van der Waals surface area contributed by atoms with Crippen molar-refractivity contribution in [2.45, 2.75) is 19.9 Å². The number of hydrogen-bond acceptors (Lipinski definition) is 7. The van der Waals surface area contributed by atoms with Crippen molar-refractivity contribution in [3.63, 3.8) is 0 Å². The maximum absolute atomic E-state index is 13.2. The first-order chi connectivity index (χ1) is 16.3. The molecule has 0 radical (unpaired) electrons. The van der Waals surface area contributed by atoms with Crippen molar-refractivity contribution in [1.82, 2.24) is 0 Å². The van der Waals surface area contributed by atoms with Crippen LogP contribution in [0.1, 0.15) is 38.9 Å². The Kier molecular flexibility index (Phi) is 5.98. The van der Waals surface area contributed by atoms with Crippen molar-refractivity contribution >= 4 is 29.1 Å². The molecule has 8 heteroatoms. The average Bonchev–Trinajstić information content (AvgIpc) is 3.46. The number of Topliss-reactive ketones (excluding diaryl/α,β-unsaturated/α-hetero) is 1. The van der Waals surface area contributed by atoms with E-state index < -0.39 is 23.7 Å². The first-order valence-corrected chi connectivity index (χ1v) is 10.5. The maximum Gasteiger partial charge on any atom is 0.337 e. The molecular formula is C26H23NO7. The van der Waals surface area contributed by atoms with E-state index in [1.165, 1.54) is 30.4 Å². The lowest BCUT2D eigenvalue weighted by Crippen LogP contribution is -2.29. The van der Waals surface area contributed by atoms with Crippen LogP contribution in [0.15, 0.2) is 64.8 Å². The fourth-order valence-corrected chi connectivity index (χ4v) is 4.13. The fraction of sp³-hybridized carbons (Fsp3) is 0.192. The lowest BCUT2D eigenvalue weighted by atomic mass is 9.95. The molecule has 1 saturated heterocycles. The van der Waals surface area contributed by atoms with Crippen LogP contribution in [0.25, 0.3) is 5.76 Å². The zero-order valence-corrected chi connectivity index (χ0v) is 19.1. The van der Waals surface area contributed by atoms with Gasteiger partial charge in [0.1, 0.15) is 23.3 Å². The van der Waals surface area contributed by atoms with Crippen molar-refractivity contribution in [2.75, 3.05) is 19.1 Å². The summed E-state index contributed by atoms with van der Waals surface area (Å²) in [5, 5.41) is 11.3. The van der Waals surface area contributed by atoms with Crippen LogP contribution in [-0.4, -0.2) is 37.0 Å². The predicted octanol–water partition coefficient (Wildman–Crippen LogP) is 4.32. The Hall–Kier alpha value is -4.33. The molecule has 8 nitrogen and oxygen atoms in total. The molecule has 174 valence electrons. The molecule has 1 amide bonds. The quantitative estimate of drug-likeness (QED) is 0.261. The highest BCUT2D eigenvalue weighted by atomic mass is 16.5. The Balaban J connectivity index is 1.93. The Morgan fingerprint density at radius 2 is 1.79 bits per heavy atom. The number of ketones is 1. The number of esters is 1. The SMILES string of the molecule is COC(=O)c1cccc(N2C(=O)C(=O)/C(=C(\O)c3cc(C)c(OC)cc3C)C2c2ccco2)c1. The van der Waals surface area contributed by atoms with Gasteiger partial charge in [-0.3, -0.25) is 14.5 Å². The third kappa shape index (κ3) is 3.73. The number of rotatable bonds is 5. The van der Waals surface area contributed by atoms with E-state index >= 15 is 0 Å². The van der Waals surface area contributed by atoms with E-state index in [-0.39, 0.29) is 28.3 Å². The van der Waals surface area contributed by atoms with Crippen LogP contribution in [0.2, 0.25) is 0 Å². The Labute approximate surface area is 196 Å². The monoisotopic (exact) mass is 461 g/mol. The highest BCUT2D eigenvalue weighted by Gasteiger charge is 2.48. The molecule has 1 fully saturated rings. The van der Waals surface area contributed by atoms with Gasteiger partial charge in [-0.15, -0.1) is 0 Å². The van der Waals surface area contributed by atoms with Gasteiger partial charge in [0.05, 0.1) is 31.6 Å². The Bertz CT molecular complexity index is 1320. The molecular weight excluding hydrogens is 438 g/mol. The number of carbonyl (C=O) groups is 3. The lowest BCUT2D eigenvalue weighted by molar-refractivity contribution is -0.132. The molecule has 0 bridgehead atoms. The normalized spacial score (nSPS) is 17.2. The summed E-state index contributed by atoms with van der Waals surface area (Å²) in [4.78, 5) is 39.7. The van der Waals surface area contributed by atoms with Crippen molar-refractivity contribution in [3.8, 4) is 5.75 Å². The van der Waals surface area contributed by atoms with Crippen LogP contribution in [0.4, 0.5) is 5.69 Å². The van der Waals surface area contributed by atoms with Gasteiger partial charge in [-0.1, -0.05) is 6.07 Å². The summed E-state index contributed by atoms with van der Waals surface area (Å²) in [5.74, 6) is -1.71. The molecule has 1 atom stereocenters. The molecule has 2 heterocycles. The molecule has 1 N–H and O–H groups in total. The lowest BCUT2D eigenvalue weighted by Gasteiger charge is -2.24. The highest BCUT2D eigenvalue weighted by Crippen LogP contribution is 2.43. The number of ether oxygens (including phenoxy) is 2. The number of aliphatic hydroxyl groups excluding tert-OH is 1. The third-order valence-electron chi connectivity index (χ3n) is 5.80.